The number of likely N-dealkylation sites (tertiary alicyclic amines) is 1. The molecule has 2 aliphatic rings. The number of nitrogens with one attached hydrogen (secondary N) is 4. The Labute approximate surface area is 409 Å². The lowest BCUT2D eigenvalue weighted by molar-refractivity contribution is -0.164. The fourth-order valence-electron chi connectivity index (χ4n) is 9.67. The highest BCUT2D eigenvalue weighted by Crippen LogP contribution is 2.55. The van der Waals surface area contributed by atoms with Gasteiger partial charge in [0.25, 0.3) is 5.91 Å². The number of aliphatic hydroxyl groups excluding tert-OH is 1. The highest BCUT2D eigenvalue weighted by molar-refractivity contribution is 7.13. The van der Waals surface area contributed by atoms with E-state index < -0.39 is 35.4 Å². The lowest BCUT2D eigenvalue weighted by Gasteiger charge is -2.63. The maximum Gasteiger partial charge on any atom is 0.251 e. The summed E-state index contributed by atoms with van der Waals surface area (Å²) < 4.78 is 12.1. The van der Waals surface area contributed by atoms with Crippen LogP contribution in [0.1, 0.15) is 114 Å². The Bertz CT molecular complexity index is 2450. The van der Waals surface area contributed by atoms with Gasteiger partial charge in [0.2, 0.25) is 17.7 Å². The molecule has 0 radical (unpaired) electrons. The molecular formula is C52H66ClN7O7S. The molecule has 0 bridgehead atoms. The number of β-amino-alcohol motifs (C(OH)–C–C–N with tert-alkyl or cyclic N) is 1. The molecule has 3 aromatic carbocycles. The highest BCUT2D eigenvalue weighted by atomic mass is 35.5. The number of carbonyl (C=O) groups excluding carboxylic acids is 4. The third-order valence-electron chi connectivity index (χ3n) is 13.2. The molecule has 6 rings (SSSR count). The molecule has 16 heteroatoms. The van der Waals surface area contributed by atoms with Crippen LogP contribution in [0.2, 0.25) is 5.02 Å². The Morgan fingerprint density at radius 3 is 2.29 bits per heavy atom. The smallest absolute Gasteiger partial charge is 0.251 e. The predicted molar refractivity (Wildman–Crippen MR) is 265 cm³/mol. The summed E-state index contributed by atoms with van der Waals surface area (Å²) in [6, 6.07) is 20.1. The molecule has 5 N–H and O–H groups in total. The maximum atomic E-state index is 14.1. The standard InChI is InChI=1S/C52H66ClN7O7S/c1-31(33-13-15-34(16-14-33)43-32(2)56-30-68-43)57-46(64)41-25-38(61)28-60(41)47(65)44(50(3,4)5)58-42(62)29-66-24-12-10-11-23-55-37-20-17-35(18-21-37)45(63)59-48-51(6,7)49(52(48,8)9)67-39-22-19-36(27-54)40(53)26-39/h13-22,26,30-31,38,41,44,48-49,55,61H,10-12,23-25,28-29H2,1-9H3,(H,57,64)(H,58,62)(H,59,63)/t31-,38+,41?,44?,48?,49?/m0/s1. The number of thiazole rings is 1. The van der Waals surface area contributed by atoms with Crippen molar-refractivity contribution in [1.29, 1.82) is 5.26 Å². The van der Waals surface area contributed by atoms with Gasteiger partial charge in [-0.3, -0.25) is 19.2 Å². The number of aryl methyl sites for hydroxylation is 1. The summed E-state index contributed by atoms with van der Waals surface area (Å²) in [5.41, 5.74) is 5.11. The van der Waals surface area contributed by atoms with E-state index in [9.17, 15) is 29.5 Å². The Morgan fingerprint density at radius 2 is 1.68 bits per heavy atom. The topological polar surface area (TPSA) is 195 Å². The van der Waals surface area contributed by atoms with Crippen LogP contribution < -0.4 is 26.0 Å². The number of amides is 4. The number of aromatic nitrogens is 1. The van der Waals surface area contributed by atoms with E-state index in [0.29, 0.717) is 35.1 Å². The molecule has 4 amide bonds. The highest BCUT2D eigenvalue weighted by Gasteiger charge is 2.64. The van der Waals surface area contributed by atoms with Crippen molar-refractivity contribution in [3.05, 3.63) is 99.6 Å². The molecule has 1 saturated carbocycles. The van der Waals surface area contributed by atoms with E-state index in [1.54, 1.807) is 41.7 Å². The first-order valence-electron chi connectivity index (χ1n) is 23.3. The number of hydrogen-bond acceptors (Lipinski definition) is 11. The minimum atomic E-state index is -0.952. The summed E-state index contributed by atoms with van der Waals surface area (Å²) in [6.07, 6.45) is 1.46. The van der Waals surface area contributed by atoms with Gasteiger partial charge >= 0.3 is 0 Å². The molecule has 2 fully saturated rings. The van der Waals surface area contributed by atoms with Gasteiger partial charge in [-0.05, 0) is 86.1 Å². The molecule has 14 nitrogen and oxygen atoms in total. The molecule has 1 aliphatic carbocycles. The second-order valence-corrected chi connectivity index (χ2v) is 21.6. The van der Waals surface area contributed by atoms with Crippen LogP contribution in [0.5, 0.6) is 5.75 Å². The number of hydrogen-bond donors (Lipinski definition) is 5. The quantitative estimate of drug-likeness (QED) is 0.0572. The van der Waals surface area contributed by atoms with Crippen molar-refractivity contribution >= 4 is 52.3 Å². The van der Waals surface area contributed by atoms with E-state index in [2.05, 4.69) is 60.0 Å². The molecule has 2 heterocycles. The molecule has 68 heavy (non-hydrogen) atoms. The first-order valence-corrected chi connectivity index (χ1v) is 24.5. The monoisotopic (exact) mass is 967 g/mol. The largest absolute Gasteiger partial charge is 0.489 e. The first kappa shape index (κ1) is 51.9. The third kappa shape index (κ3) is 12.2. The average molecular weight is 969 g/mol. The van der Waals surface area contributed by atoms with Crippen molar-refractivity contribution in [1.82, 2.24) is 25.8 Å². The zero-order valence-corrected chi connectivity index (χ0v) is 42.1. The average Bonchev–Trinajstić information content (AvgIpc) is 3.91. The van der Waals surface area contributed by atoms with Crippen LogP contribution >= 0.6 is 22.9 Å². The molecule has 1 saturated heterocycles. The van der Waals surface area contributed by atoms with Gasteiger partial charge < -0.3 is 40.7 Å². The minimum absolute atomic E-state index is 0.0135. The number of unbranched alkanes of at least 4 members (excludes halogenated alkanes) is 2. The fourth-order valence-corrected chi connectivity index (χ4v) is 10.7. The lowest BCUT2D eigenvalue weighted by Crippen LogP contribution is -2.74. The van der Waals surface area contributed by atoms with Crippen LogP contribution in [0.3, 0.4) is 0 Å². The molecule has 1 aliphatic heterocycles. The number of nitrogens with zero attached hydrogens (tertiary/aromatic N) is 3. The van der Waals surface area contributed by atoms with Gasteiger partial charge in [0.1, 0.15) is 36.6 Å². The van der Waals surface area contributed by atoms with Gasteiger partial charge in [0.15, 0.2) is 0 Å². The third-order valence-corrected chi connectivity index (χ3v) is 14.5. The number of rotatable bonds is 19. The van der Waals surface area contributed by atoms with Crippen LogP contribution in [0.15, 0.2) is 72.2 Å². The molecule has 4 atom stereocenters. The Balaban J connectivity index is 0.887. The molecule has 2 unspecified atom stereocenters. The summed E-state index contributed by atoms with van der Waals surface area (Å²) in [5.74, 6) is -0.820. The van der Waals surface area contributed by atoms with E-state index in [1.165, 1.54) is 4.90 Å². The Kier molecular flexibility index (Phi) is 16.6. The van der Waals surface area contributed by atoms with Gasteiger partial charge in [-0.15, -0.1) is 11.3 Å². The molecular weight excluding hydrogens is 902 g/mol. The minimum Gasteiger partial charge on any atom is -0.489 e. The molecule has 1 aromatic heterocycles. The predicted octanol–water partition coefficient (Wildman–Crippen LogP) is 8.22. The van der Waals surface area contributed by atoms with E-state index in [0.717, 1.165) is 46.6 Å². The van der Waals surface area contributed by atoms with E-state index in [4.69, 9.17) is 21.1 Å². The SMILES string of the molecule is Cc1ncsc1-c1ccc([C@H](C)NC(=O)C2C[C@@H](O)CN2C(=O)C(NC(=O)COCCCCCNc2ccc(C(=O)NC3C(C)(C)C(Oc4ccc(C#N)c(Cl)c4)C3(C)C)cc2)C(C)(C)C)cc1. The van der Waals surface area contributed by atoms with Crippen molar-refractivity contribution in [3.63, 3.8) is 0 Å². The van der Waals surface area contributed by atoms with Crippen LogP contribution in [0, 0.1) is 34.5 Å². The van der Waals surface area contributed by atoms with E-state index in [-0.39, 0.29) is 60.4 Å². The zero-order valence-electron chi connectivity index (χ0n) is 40.6. The number of aliphatic hydroxyl groups is 1. The zero-order chi connectivity index (χ0) is 49.6. The molecule has 4 aromatic rings. The van der Waals surface area contributed by atoms with Gasteiger partial charge in [0.05, 0.1) is 38.8 Å². The summed E-state index contributed by atoms with van der Waals surface area (Å²) in [5, 5.41) is 32.7. The number of carbonyl (C=O) groups is 4. The molecule has 0 spiro atoms. The van der Waals surface area contributed by atoms with Crippen molar-refractivity contribution in [3.8, 4) is 22.3 Å². The number of benzene rings is 3. The van der Waals surface area contributed by atoms with Crippen molar-refractivity contribution in [2.24, 2.45) is 16.2 Å². The maximum absolute atomic E-state index is 14.1. The Morgan fingerprint density at radius 1 is 0.985 bits per heavy atom. The second kappa shape index (κ2) is 21.8. The van der Waals surface area contributed by atoms with Crippen molar-refractivity contribution < 1.29 is 33.8 Å². The number of anilines is 1. The van der Waals surface area contributed by atoms with Crippen molar-refractivity contribution in [2.45, 2.75) is 124 Å². The lowest BCUT2D eigenvalue weighted by atomic mass is 9.49. The number of ether oxygens (including phenoxy) is 2. The van der Waals surface area contributed by atoms with Crippen LogP contribution in [-0.2, 0) is 19.1 Å². The first-order chi connectivity index (χ1) is 32.1. The molecule has 364 valence electrons. The number of halogens is 1. The van der Waals surface area contributed by atoms with Crippen LogP contribution in [0.25, 0.3) is 10.4 Å². The van der Waals surface area contributed by atoms with Gasteiger partial charge in [-0.1, -0.05) is 84.3 Å². The van der Waals surface area contributed by atoms with E-state index in [1.807, 2.05) is 76.5 Å². The van der Waals surface area contributed by atoms with Gasteiger partial charge in [0, 0.05) is 60.3 Å². The fraction of sp³-hybridized carbons (Fsp3) is 0.500. The summed E-state index contributed by atoms with van der Waals surface area (Å²) in [6.45, 7) is 18.5. The van der Waals surface area contributed by atoms with E-state index >= 15 is 0 Å². The number of nitriles is 1. The summed E-state index contributed by atoms with van der Waals surface area (Å²) >= 11 is 7.81. The van der Waals surface area contributed by atoms with Gasteiger partial charge in [-0.25, -0.2) is 4.98 Å². The van der Waals surface area contributed by atoms with Crippen LogP contribution in [-0.4, -0.2) is 95.3 Å². The summed E-state index contributed by atoms with van der Waals surface area (Å²) in [7, 11) is 0. The Hall–Kier alpha value is -5.53. The van der Waals surface area contributed by atoms with Crippen LogP contribution in [0.4, 0.5) is 5.69 Å². The van der Waals surface area contributed by atoms with Crippen molar-refractivity contribution in [2.75, 3.05) is 31.6 Å². The van der Waals surface area contributed by atoms with Gasteiger partial charge in [-0.2, -0.15) is 5.26 Å². The normalized spacial score (nSPS) is 20.3. The second-order valence-electron chi connectivity index (χ2n) is 20.3. The summed E-state index contributed by atoms with van der Waals surface area (Å²) in [4.78, 5) is 61.0.